The minimum Gasteiger partial charge on any atom is -0.465 e. The number of furan rings is 1. The van der Waals surface area contributed by atoms with Crippen molar-refractivity contribution in [3.8, 4) is 11.4 Å². The summed E-state index contributed by atoms with van der Waals surface area (Å²) in [4.78, 5) is 13.3. The minimum absolute atomic E-state index is 0.230. The first-order valence-electron chi connectivity index (χ1n) is 9.27. The molecule has 0 spiro atoms. The van der Waals surface area contributed by atoms with E-state index >= 15 is 0 Å². The van der Waals surface area contributed by atoms with Gasteiger partial charge in [-0.3, -0.25) is 4.79 Å². The van der Waals surface area contributed by atoms with Crippen molar-refractivity contribution in [2.75, 3.05) is 0 Å². The normalized spacial score (nSPS) is 12.5. The first-order valence-corrected chi connectivity index (χ1v) is 10.1. The average molecular weight is 464 g/mol. The molecule has 1 N–H and O–H groups in total. The Morgan fingerprint density at radius 1 is 1.13 bits per heavy atom. The van der Waals surface area contributed by atoms with Gasteiger partial charge >= 0.3 is 0 Å². The monoisotopic (exact) mass is 463 g/mol. The van der Waals surface area contributed by atoms with Crippen molar-refractivity contribution in [1.82, 2.24) is 25.5 Å². The Labute approximate surface area is 181 Å². The fourth-order valence-corrected chi connectivity index (χ4v) is 3.39. The van der Waals surface area contributed by atoms with Crippen LogP contribution in [0.4, 0.5) is 0 Å². The van der Waals surface area contributed by atoms with E-state index in [2.05, 4.69) is 36.8 Å². The van der Waals surface area contributed by atoms with Gasteiger partial charge in [-0.1, -0.05) is 58.4 Å². The minimum atomic E-state index is -0.330. The van der Waals surface area contributed by atoms with E-state index in [1.807, 2.05) is 61.5 Å². The van der Waals surface area contributed by atoms with E-state index < -0.39 is 0 Å². The number of tetrazole rings is 1. The van der Waals surface area contributed by atoms with Gasteiger partial charge in [-0.15, -0.1) is 5.10 Å². The van der Waals surface area contributed by atoms with Gasteiger partial charge in [0, 0.05) is 16.1 Å². The Balaban J connectivity index is 1.70. The highest BCUT2D eigenvalue weighted by molar-refractivity contribution is 9.10. The molecule has 1 unspecified atom stereocenters. The molecule has 4 aromatic rings. The largest absolute Gasteiger partial charge is 0.465 e. The smallest absolute Gasteiger partial charge is 0.270 e. The highest BCUT2D eigenvalue weighted by atomic mass is 79.9. The zero-order valence-electron chi connectivity index (χ0n) is 16.1. The highest BCUT2D eigenvalue weighted by Gasteiger charge is 2.21. The maximum absolute atomic E-state index is 13.3. The van der Waals surface area contributed by atoms with Crippen LogP contribution in [0.1, 0.15) is 24.3 Å². The molecule has 2 aromatic heterocycles. The SMILES string of the molecule is CC(NC(=O)/C(=C\c1ccco1)n1nnnc1-c1ccccc1)c1cccc(Br)c1. The molecule has 0 saturated carbocycles. The van der Waals surface area contributed by atoms with E-state index in [1.165, 1.54) is 4.68 Å². The molecule has 150 valence electrons. The van der Waals surface area contributed by atoms with Crippen LogP contribution in [-0.2, 0) is 4.79 Å². The van der Waals surface area contributed by atoms with E-state index in [4.69, 9.17) is 4.42 Å². The van der Waals surface area contributed by atoms with Gasteiger partial charge in [0.2, 0.25) is 0 Å². The summed E-state index contributed by atoms with van der Waals surface area (Å²) in [6, 6.07) is 20.5. The second kappa shape index (κ2) is 8.87. The van der Waals surface area contributed by atoms with Crippen LogP contribution in [0.3, 0.4) is 0 Å². The summed E-state index contributed by atoms with van der Waals surface area (Å²) in [5.41, 5.74) is 2.01. The van der Waals surface area contributed by atoms with E-state index in [0.29, 0.717) is 11.6 Å². The van der Waals surface area contributed by atoms with Crippen molar-refractivity contribution in [1.29, 1.82) is 0 Å². The standard InChI is InChI=1S/C22H18BrN5O2/c1-15(17-9-5-10-18(23)13-17)24-22(29)20(14-19-11-6-12-30-19)28-21(25-26-27-28)16-7-3-2-4-8-16/h2-15H,1H3,(H,24,29)/b20-14+. The number of rotatable bonds is 6. The van der Waals surface area contributed by atoms with Crippen molar-refractivity contribution >= 4 is 33.6 Å². The molecule has 30 heavy (non-hydrogen) atoms. The van der Waals surface area contributed by atoms with Crippen LogP contribution in [0, 0.1) is 0 Å². The summed E-state index contributed by atoms with van der Waals surface area (Å²) >= 11 is 3.47. The summed E-state index contributed by atoms with van der Waals surface area (Å²) in [6.07, 6.45) is 3.16. The quantitative estimate of drug-likeness (QED) is 0.423. The lowest BCUT2D eigenvalue weighted by molar-refractivity contribution is -0.116. The molecule has 0 fully saturated rings. The van der Waals surface area contributed by atoms with Crippen LogP contribution in [0.15, 0.2) is 81.9 Å². The van der Waals surface area contributed by atoms with E-state index in [9.17, 15) is 4.79 Å². The molecule has 4 rings (SSSR count). The lowest BCUT2D eigenvalue weighted by atomic mass is 10.1. The molecule has 2 heterocycles. The first kappa shape index (κ1) is 19.8. The molecule has 1 amide bonds. The molecule has 0 saturated heterocycles. The predicted molar refractivity (Wildman–Crippen MR) is 117 cm³/mol. The van der Waals surface area contributed by atoms with Crippen LogP contribution >= 0.6 is 15.9 Å². The topological polar surface area (TPSA) is 85.8 Å². The molecule has 0 aliphatic carbocycles. The van der Waals surface area contributed by atoms with Gasteiger partial charge in [-0.2, -0.15) is 4.68 Å². The van der Waals surface area contributed by atoms with Gasteiger partial charge in [-0.05, 0) is 47.2 Å². The Morgan fingerprint density at radius 2 is 1.97 bits per heavy atom. The van der Waals surface area contributed by atoms with Crippen molar-refractivity contribution < 1.29 is 9.21 Å². The van der Waals surface area contributed by atoms with Crippen LogP contribution < -0.4 is 5.32 Å². The van der Waals surface area contributed by atoms with Gasteiger partial charge in [0.25, 0.3) is 5.91 Å². The first-order chi connectivity index (χ1) is 14.6. The van der Waals surface area contributed by atoms with Gasteiger partial charge < -0.3 is 9.73 Å². The van der Waals surface area contributed by atoms with Crippen molar-refractivity contribution in [2.24, 2.45) is 0 Å². The number of carbonyl (C=O) groups excluding carboxylic acids is 1. The third-order valence-corrected chi connectivity index (χ3v) is 4.97. The molecular formula is C22H18BrN5O2. The van der Waals surface area contributed by atoms with Gasteiger partial charge in [0.05, 0.1) is 12.3 Å². The van der Waals surface area contributed by atoms with Crippen LogP contribution in [0.25, 0.3) is 23.2 Å². The number of amides is 1. The number of carbonyl (C=O) groups is 1. The number of hydrogen-bond donors (Lipinski definition) is 1. The fraction of sp³-hybridized carbons (Fsp3) is 0.0909. The molecule has 2 aromatic carbocycles. The third kappa shape index (κ3) is 4.38. The number of benzene rings is 2. The average Bonchev–Trinajstić information content (AvgIpc) is 3.44. The fourth-order valence-electron chi connectivity index (χ4n) is 2.98. The summed E-state index contributed by atoms with van der Waals surface area (Å²) in [5, 5.41) is 15.0. The second-order valence-corrected chi connectivity index (χ2v) is 7.49. The lowest BCUT2D eigenvalue weighted by Gasteiger charge is -2.16. The zero-order chi connectivity index (χ0) is 20.9. The summed E-state index contributed by atoms with van der Waals surface area (Å²) in [5.74, 6) is 0.645. The van der Waals surface area contributed by atoms with Gasteiger partial charge in [0.1, 0.15) is 11.5 Å². The second-order valence-electron chi connectivity index (χ2n) is 6.58. The molecule has 7 nitrogen and oxygen atoms in total. The predicted octanol–water partition coefficient (Wildman–Crippen LogP) is 4.57. The Hall–Kier alpha value is -3.52. The number of halogens is 1. The molecule has 0 aliphatic rings. The Morgan fingerprint density at radius 3 is 2.70 bits per heavy atom. The van der Waals surface area contributed by atoms with Crippen molar-refractivity contribution in [2.45, 2.75) is 13.0 Å². The third-order valence-electron chi connectivity index (χ3n) is 4.48. The number of aromatic nitrogens is 4. The summed E-state index contributed by atoms with van der Waals surface area (Å²) in [6.45, 7) is 1.92. The number of hydrogen-bond acceptors (Lipinski definition) is 5. The van der Waals surface area contributed by atoms with Crippen LogP contribution in [0.2, 0.25) is 0 Å². The van der Waals surface area contributed by atoms with Crippen molar-refractivity contribution in [3.05, 3.63) is 88.8 Å². The van der Waals surface area contributed by atoms with Gasteiger partial charge in [-0.25, -0.2) is 0 Å². The van der Waals surface area contributed by atoms with E-state index in [1.54, 1.807) is 24.5 Å². The Bertz CT molecular complexity index is 1170. The molecule has 0 aliphatic heterocycles. The van der Waals surface area contributed by atoms with E-state index in [0.717, 1.165) is 15.6 Å². The van der Waals surface area contributed by atoms with Crippen LogP contribution in [-0.4, -0.2) is 26.1 Å². The number of nitrogens with one attached hydrogen (secondary N) is 1. The highest BCUT2D eigenvalue weighted by Crippen LogP contribution is 2.22. The zero-order valence-corrected chi connectivity index (χ0v) is 17.7. The van der Waals surface area contributed by atoms with Gasteiger partial charge in [0.15, 0.2) is 5.82 Å². The van der Waals surface area contributed by atoms with E-state index in [-0.39, 0.29) is 17.6 Å². The molecular weight excluding hydrogens is 446 g/mol. The lowest BCUT2D eigenvalue weighted by Crippen LogP contribution is -2.30. The molecule has 0 radical (unpaired) electrons. The summed E-state index contributed by atoms with van der Waals surface area (Å²) in [7, 11) is 0. The molecule has 8 heteroatoms. The maximum Gasteiger partial charge on any atom is 0.270 e. The molecule has 0 bridgehead atoms. The van der Waals surface area contributed by atoms with Crippen LogP contribution in [0.5, 0.6) is 0 Å². The summed E-state index contributed by atoms with van der Waals surface area (Å²) < 4.78 is 7.78. The molecule has 1 atom stereocenters. The van der Waals surface area contributed by atoms with Crippen molar-refractivity contribution in [3.63, 3.8) is 0 Å². The number of nitrogens with zero attached hydrogens (tertiary/aromatic N) is 4. The maximum atomic E-state index is 13.3. The Kier molecular flexibility index (Phi) is 5.85.